The predicted octanol–water partition coefficient (Wildman–Crippen LogP) is 1.69. The van der Waals surface area contributed by atoms with Crippen LogP contribution in [0.4, 0.5) is 0 Å². The zero-order valence-electron chi connectivity index (χ0n) is 12.7. The Morgan fingerprint density at radius 1 is 1.41 bits per heavy atom. The van der Waals surface area contributed by atoms with Crippen molar-refractivity contribution in [1.29, 1.82) is 0 Å². The molecule has 1 unspecified atom stereocenters. The summed E-state index contributed by atoms with van der Waals surface area (Å²) in [6.07, 6.45) is 3.24. The number of carbonyl (C=O) groups excluding carboxylic acids is 1. The molecule has 0 saturated carbocycles. The van der Waals surface area contributed by atoms with Crippen molar-refractivity contribution in [3.63, 3.8) is 0 Å². The van der Waals surface area contributed by atoms with Crippen LogP contribution in [0.5, 0.6) is 0 Å². The number of rotatable bonds is 5. The second-order valence-corrected chi connectivity index (χ2v) is 5.66. The summed E-state index contributed by atoms with van der Waals surface area (Å²) in [5.74, 6) is 0.654. The number of likely N-dealkylation sites (N-methyl/N-ethyl adjacent to an activating group) is 1. The molecule has 0 aliphatic carbocycles. The first kappa shape index (κ1) is 14.7. The molecular weight excluding hydrogens is 280 g/mol. The number of hydrogen-bond acceptors (Lipinski definition) is 5. The Morgan fingerprint density at radius 3 is 2.95 bits per heavy atom. The molecule has 6 nitrogen and oxygen atoms in total. The van der Waals surface area contributed by atoms with E-state index >= 15 is 0 Å². The molecule has 3 rings (SSSR count). The molecule has 0 radical (unpaired) electrons. The molecule has 0 spiro atoms. The van der Waals surface area contributed by atoms with Crippen LogP contribution in [0.15, 0.2) is 41.2 Å². The summed E-state index contributed by atoms with van der Waals surface area (Å²) < 4.78 is 4.71. The fraction of sp³-hybridized carbons (Fsp3) is 0.438. The highest BCUT2D eigenvalue weighted by Gasteiger charge is 2.32. The van der Waals surface area contributed by atoms with Crippen LogP contribution in [0, 0.1) is 0 Å². The lowest BCUT2D eigenvalue weighted by molar-refractivity contribution is -0.135. The minimum Gasteiger partial charge on any atom is -0.343 e. The van der Waals surface area contributed by atoms with E-state index < -0.39 is 0 Å². The normalized spacial score (nSPS) is 18.5. The zero-order valence-corrected chi connectivity index (χ0v) is 12.7. The van der Waals surface area contributed by atoms with Gasteiger partial charge in [-0.1, -0.05) is 35.5 Å². The maximum absolute atomic E-state index is 12.7. The molecule has 6 heteroatoms. The maximum atomic E-state index is 12.7. The van der Waals surface area contributed by atoms with Gasteiger partial charge in [0.05, 0.1) is 12.6 Å². The van der Waals surface area contributed by atoms with Gasteiger partial charge in [-0.15, -0.1) is 0 Å². The minimum absolute atomic E-state index is 0.0582. The first-order valence-corrected chi connectivity index (χ1v) is 7.52. The SMILES string of the molecule is CN(Cc1ncon1)C(=O)C1CCCN1Cc1ccccc1. The Hall–Kier alpha value is -2.21. The van der Waals surface area contributed by atoms with Gasteiger partial charge in [0.15, 0.2) is 5.82 Å². The summed E-state index contributed by atoms with van der Waals surface area (Å²) in [5, 5.41) is 3.76. The quantitative estimate of drug-likeness (QED) is 0.841. The van der Waals surface area contributed by atoms with Crippen LogP contribution in [0.25, 0.3) is 0 Å². The number of amides is 1. The van der Waals surface area contributed by atoms with Crippen LogP contribution in [-0.4, -0.2) is 45.5 Å². The van der Waals surface area contributed by atoms with Gasteiger partial charge >= 0.3 is 0 Å². The third-order valence-electron chi connectivity index (χ3n) is 4.04. The molecular formula is C16H20N4O2. The van der Waals surface area contributed by atoms with E-state index in [0.717, 1.165) is 25.9 Å². The van der Waals surface area contributed by atoms with Crippen molar-refractivity contribution in [2.45, 2.75) is 32.0 Å². The lowest BCUT2D eigenvalue weighted by atomic mass is 10.1. The maximum Gasteiger partial charge on any atom is 0.240 e. The van der Waals surface area contributed by atoms with Crippen molar-refractivity contribution in [3.05, 3.63) is 48.1 Å². The third kappa shape index (κ3) is 3.33. The van der Waals surface area contributed by atoms with Gasteiger partial charge in [-0.2, -0.15) is 4.98 Å². The van der Waals surface area contributed by atoms with Crippen LogP contribution in [0.1, 0.15) is 24.2 Å². The highest BCUT2D eigenvalue weighted by Crippen LogP contribution is 2.22. The summed E-state index contributed by atoms with van der Waals surface area (Å²) in [5.41, 5.74) is 1.24. The van der Waals surface area contributed by atoms with Crippen LogP contribution in [0.3, 0.4) is 0 Å². The van der Waals surface area contributed by atoms with Gasteiger partial charge in [0, 0.05) is 13.6 Å². The third-order valence-corrected chi connectivity index (χ3v) is 4.04. The lowest BCUT2D eigenvalue weighted by Gasteiger charge is -2.27. The molecule has 1 aliphatic heterocycles. The van der Waals surface area contributed by atoms with Gasteiger partial charge in [-0.05, 0) is 24.9 Å². The van der Waals surface area contributed by atoms with Crippen LogP contribution < -0.4 is 0 Å². The monoisotopic (exact) mass is 300 g/mol. The Labute approximate surface area is 129 Å². The van der Waals surface area contributed by atoms with Crippen molar-refractivity contribution in [1.82, 2.24) is 19.9 Å². The van der Waals surface area contributed by atoms with Gasteiger partial charge < -0.3 is 9.42 Å². The van der Waals surface area contributed by atoms with E-state index in [4.69, 9.17) is 4.52 Å². The average Bonchev–Trinajstić information content (AvgIpc) is 3.19. The Morgan fingerprint density at radius 2 is 2.23 bits per heavy atom. The Bertz CT molecular complexity index is 600. The van der Waals surface area contributed by atoms with E-state index in [1.165, 1.54) is 12.0 Å². The van der Waals surface area contributed by atoms with Crippen molar-refractivity contribution in [2.24, 2.45) is 0 Å². The molecule has 22 heavy (non-hydrogen) atoms. The Balaban J connectivity index is 1.63. The second kappa shape index (κ2) is 6.70. The summed E-state index contributed by atoms with van der Waals surface area (Å²) in [7, 11) is 1.79. The van der Waals surface area contributed by atoms with E-state index in [0.29, 0.717) is 12.4 Å². The van der Waals surface area contributed by atoms with Crippen LogP contribution in [-0.2, 0) is 17.9 Å². The van der Waals surface area contributed by atoms with Crippen molar-refractivity contribution >= 4 is 5.91 Å². The van der Waals surface area contributed by atoms with Crippen molar-refractivity contribution in [2.75, 3.05) is 13.6 Å². The molecule has 0 bridgehead atoms. The van der Waals surface area contributed by atoms with Crippen LogP contribution >= 0.6 is 0 Å². The van der Waals surface area contributed by atoms with E-state index in [1.807, 2.05) is 18.2 Å². The number of likely N-dealkylation sites (tertiary alicyclic amines) is 1. The number of carbonyl (C=O) groups is 1. The molecule has 0 N–H and O–H groups in total. The summed E-state index contributed by atoms with van der Waals surface area (Å²) in [6, 6.07) is 10.2. The highest BCUT2D eigenvalue weighted by molar-refractivity contribution is 5.81. The largest absolute Gasteiger partial charge is 0.343 e. The molecule has 1 atom stereocenters. The molecule has 1 aromatic carbocycles. The fourth-order valence-corrected chi connectivity index (χ4v) is 2.92. The molecule has 116 valence electrons. The van der Waals surface area contributed by atoms with E-state index in [9.17, 15) is 4.79 Å². The van der Waals surface area contributed by atoms with Crippen molar-refractivity contribution in [3.8, 4) is 0 Å². The number of benzene rings is 1. The van der Waals surface area contributed by atoms with Gasteiger partial charge in [-0.3, -0.25) is 9.69 Å². The molecule has 1 aliphatic rings. The smallest absolute Gasteiger partial charge is 0.240 e. The van der Waals surface area contributed by atoms with Crippen molar-refractivity contribution < 1.29 is 9.32 Å². The molecule has 1 aromatic heterocycles. The number of aromatic nitrogens is 2. The summed E-state index contributed by atoms with van der Waals surface area (Å²) in [4.78, 5) is 20.6. The molecule has 1 saturated heterocycles. The molecule has 1 fully saturated rings. The summed E-state index contributed by atoms with van der Waals surface area (Å²) >= 11 is 0. The predicted molar refractivity (Wildman–Crippen MR) is 80.6 cm³/mol. The minimum atomic E-state index is -0.0582. The first-order chi connectivity index (χ1) is 10.7. The first-order valence-electron chi connectivity index (χ1n) is 7.52. The molecule has 2 aromatic rings. The number of nitrogens with zero attached hydrogens (tertiary/aromatic N) is 4. The highest BCUT2D eigenvalue weighted by atomic mass is 16.5. The van der Waals surface area contributed by atoms with Gasteiger partial charge in [0.25, 0.3) is 0 Å². The van der Waals surface area contributed by atoms with Gasteiger partial charge in [0.1, 0.15) is 0 Å². The molecule has 2 heterocycles. The van der Waals surface area contributed by atoms with E-state index in [2.05, 4.69) is 27.2 Å². The molecule has 1 amide bonds. The lowest BCUT2D eigenvalue weighted by Crippen LogP contribution is -2.43. The van der Waals surface area contributed by atoms with Gasteiger partial charge in [0.2, 0.25) is 12.3 Å². The standard InChI is InChI=1S/C16H20N4O2/c1-19(11-15-17-12-22-18-15)16(21)14-8-5-9-20(14)10-13-6-3-2-4-7-13/h2-4,6-7,12,14H,5,8-11H2,1H3. The van der Waals surface area contributed by atoms with E-state index in [1.54, 1.807) is 11.9 Å². The number of hydrogen-bond donors (Lipinski definition) is 0. The summed E-state index contributed by atoms with van der Waals surface area (Å²) in [6.45, 7) is 2.15. The zero-order chi connectivity index (χ0) is 15.4. The van der Waals surface area contributed by atoms with E-state index in [-0.39, 0.29) is 11.9 Å². The topological polar surface area (TPSA) is 62.5 Å². The average molecular weight is 300 g/mol. The van der Waals surface area contributed by atoms with Gasteiger partial charge in [-0.25, -0.2) is 0 Å². The fourth-order valence-electron chi connectivity index (χ4n) is 2.92. The second-order valence-electron chi connectivity index (χ2n) is 5.66. The van der Waals surface area contributed by atoms with Crippen LogP contribution in [0.2, 0.25) is 0 Å². The Kier molecular flexibility index (Phi) is 4.48.